The number of carboxylic acid groups (broad SMARTS) is 1. The summed E-state index contributed by atoms with van der Waals surface area (Å²) >= 11 is 1.20. The number of likely N-dealkylation sites (tertiary alicyclic amines) is 1. The Labute approximate surface area is 111 Å². The number of aromatic nitrogens is 1. The zero-order valence-corrected chi connectivity index (χ0v) is 11.4. The predicted octanol–water partition coefficient (Wildman–Crippen LogP) is 1.37. The highest BCUT2D eigenvalue weighted by Crippen LogP contribution is 2.11. The summed E-state index contributed by atoms with van der Waals surface area (Å²) in [4.78, 5) is 19.5. The number of thiazole rings is 1. The van der Waals surface area contributed by atoms with Gasteiger partial charge in [-0.2, -0.15) is 0 Å². The van der Waals surface area contributed by atoms with Crippen molar-refractivity contribution in [2.75, 3.05) is 33.2 Å². The first-order valence-electron chi connectivity index (χ1n) is 6.24. The molecule has 0 aromatic carbocycles. The van der Waals surface area contributed by atoms with Crippen molar-refractivity contribution in [2.45, 2.75) is 19.4 Å². The quantitative estimate of drug-likeness (QED) is 0.845. The van der Waals surface area contributed by atoms with E-state index in [1.165, 1.54) is 37.3 Å². The smallest absolute Gasteiger partial charge is 0.365 e. The van der Waals surface area contributed by atoms with Crippen LogP contribution in [0.5, 0.6) is 0 Å². The van der Waals surface area contributed by atoms with Crippen molar-refractivity contribution in [3.05, 3.63) is 16.1 Å². The van der Waals surface area contributed by atoms with Crippen LogP contribution in [0.15, 0.2) is 5.38 Å². The maximum Gasteiger partial charge on any atom is 0.365 e. The van der Waals surface area contributed by atoms with E-state index in [1.54, 1.807) is 0 Å². The number of aromatic carboxylic acids is 1. The molecule has 2 rings (SSSR count). The molecule has 2 heterocycles. The van der Waals surface area contributed by atoms with Gasteiger partial charge in [-0.25, -0.2) is 9.78 Å². The van der Waals surface area contributed by atoms with Gasteiger partial charge < -0.3 is 10.0 Å². The molecule has 0 saturated carbocycles. The van der Waals surface area contributed by atoms with E-state index >= 15 is 0 Å². The van der Waals surface area contributed by atoms with E-state index in [0.717, 1.165) is 25.3 Å². The Morgan fingerprint density at radius 3 is 2.89 bits per heavy atom. The standard InChI is InChI=1S/C12H19N3O2S/c1-14(6-7-15-4-2-3-5-15)8-10-9-18-11(13-10)12(16)17/h9H,2-8H2,1H3,(H,16,17). The molecule has 0 unspecified atom stereocenters. The highest BCUT2D eigenvalue weighted by Gasteiger charge is 2.13. The summed E-state index contributed by atoms with van der Waals surface area (Å²) < 4.78 is 0. The summed E-state index contributed by atoms with van der Waals surface area (Å²) in [7, 11) is 2.05. The minimum atomic E-state index is -0.939. The Hall–Kier alpha value is -0.980. The lowest BCUT2D eigenvalue weighted by Crippen LogP contribution is -2.31. The fraction of sp³-hybridized carbons (Fsp3) is 0.667. The van der Waals surface area contributed by atoms with Gasteiger partial charge in [-0.15, -0.1) is 11.3 Å². The van der Waals surface area contributed by atoms with Crippen molar-refractivity contribution in [3.8, 4) is 0 Å². The molecule has 100 valence electrons. The van der Waals surface area contributed by atoms with Crippen LogP contribution in [-0.4, -0.2) is 59.1 Å². The fourth-order valence-corrected chi connectivity index (χ4v) is 2.80. The topological polar surface area (TPSA) is 56.7 Å². The summed E-state index contributed by atoms with van der Waals surface area (Å²) in [5.74, 6) is -0.939. The van der Waals surface area contributed by atoms with Crippen LogP contribution in [-0.2, 0) is 6.54 Å². The second-order valence-corrected chi connectivity index (χ2v) is 5.59. The Balaban J connectivity index is 1.75. The largest absolute Gasteiger partial charge is 0.476 e. The SMILES string of the molecule is CN(CCN1CCCC1)Cc1csc(C(=O)O)n1. The maximum atomic E-state index is 10.7. The van der Waals surface area contributed by atoms with Crippen LogP contribution in [0.1, 0.15) is 28.3 Å². The van der Waals surface area contributed by atoms with Gasteiger partial charge in [0.05, 0.1) is 5.69 Å². The molecule has 0 amide bonds. The minimum absolute atomic E-state index is 0.179. The average molecular weight is 269 g/mol. The van der Waals surface area contributed by atoms with Crippen molar-refractivity contribution >= 4 is 17.3 Å². The molecule has 1 saturated heterocycles. The first-order chi connectivity index (χ1) is 8.65. The van der Waals surface area contributed by atoms with E-state index in [0.29, 0.717) is 0 Å². The van der Waals surface area contributed by atoms with Gasteiger partial charge in [0.1, 0.15) is 0 Å². The van der Waals surface area contributed by atoms with Gasteiger partial charge in [0.25, 0.3) is 0 Å². The summed E-state index contributed by atoms with van der Waals surface area (Å²) in [5.41, 5.74) is 0.848. The predicted molar refractivity (Wildman–Crippen MR) is 71.1 cm³/mol. The van der Waals surface area contributed by atoms with E-state index in [-0.39, 0.29) is 5.01 Å². The van der Waals surface area contributed by atoms with Crippen LogP contribution in [0.25, 0.3) is 0 Å². The van der Waals surface area contributed by atoms with Crippen LogP contribution < -0.4 is 0 Å². The van der Waals surface area contributed by atoms with Gasteiger partial charge in [-0.05, 0) is 33.0 Å². The molecular formula is C12H19N3O2S. The minimum Gasteiger partial charge on any atom is -0.476 e. The molecule has 6 heteroatoms. The lowest BCUT2D eigenvalue weighted by Gasteiger charge is -2.20. The van der Waals surface area contributed by atoms with Gasteiger partial charge in [0, 0.05) is 25.0 Å². The molecule has 1 aliphatic rings. The third kappa shape index (κ3) is 3.76. The lowest BCUT2D eigenvalue weighted by molar-refractivity contribution is 0.0696. The van der Waals surface area contributed by atoms with Crippen LogP contribution >= 0.6 is 11.3 Å². The van der Waals surface area contributed by atoms with Crippen LogP contribution in [0.4, 0.5) is 0 Å². The molecule has 1 aliphatic heterocycles. The number of hydrogen-bond acceptors (Lipinski definition) is 5. The Bertz CT molecular complexity index is 402. The highest BCUT2D eigenvalue weighted by atomic mass is 32.1. The first-order valence-corrected chi connectivity index (χ1v) is 7.12. The number of rotatable bonds is 6. The lowest BCUT2D eigenvalue weighted by atomic mass is 10.4. The van der Waals surface area contributed by atoms with Crippen molar-refractivity contribution in [1.29, 1.82) is 0 Å². The molecule has 5 nitrogen and oxygen atoms in total. The average Bonchev–Trinajstić information content (AvgIpc) is 2.96. The monoisotopic (exact) mass is 269 g/mol. The number of likely N-dealkylation sites (N-methyl/N-ethyl adjacent to an activating group) is 1. The van der Waals surface area contributed by atoms with Crippen molar-refractivity contribution in [2.24, 2.45) is 0 Å². The fourth-order valence-electron chi connectivity index (χ4n) is 2.15. The molecular weight excluding hydrogens is 250 g/mol. The first kappa shape index (κ1) is 13.5. The molecule has 18 heavy (non-hydrogen) atoms. The molecule has 1 N–H and O–H groups in total. The number of hydrogen-bond donors (Lipinski definition) is 1. The third-order valence-corrected chi connectivity index (χ3v) is 4.04. The molecule has 1 fully saturated rings. The van der Waals surface area contributed by atoms with E-state index in [4.69, 9.17) is 5.11 Å². The zero-order valence-electron chi connectivity index (χ0n) is 10.6. The van der Waals surface area contributed by atoms with Crippen molar-refractivity contribution in [1.82, 2.24) is 14.8 Å². The van der Waals surface area contributed by atoms with Gasteiger partial charge in [-0.3, -0.25) is 4.90 Å². The third-order valence-electron chi connectivity index (χ3n) is 3.16. The summed E-state index contributed by atoms with van der Waals surface area (Å²) in [6.07, 6.45) is 2.63. The maximum absolute atomic E-state index is 10.7. The molecule has 0 aliphatic carbocycles. The van der Waals surface area contributed by atoms with E-state index in [9.17, 15) is 4.79 Å². The van der Waals surface area contributed by atoms with Crippen LogP contribution in [0.3, 0.4) is 0 Å². The number of carboxylic acids is 1. The molecule has 0 bridgehead atoms. The van der Waals surface area contributed by atoms with Crippen molar-refractivity contribution < 1.29 is 9.90 Å². The second kappa shape index (κ2) is 6.26. The van der Waals surface area contributed by atoms with Gasteiger partial charge in [-0.1, -0.05) is 0 Å². The summed E-state index contributed by atoms with van der Waals surface area (Å²) in [6, 6.07) is 0. The van der Waals surface area contributed by atoms with Gasteiger partial charge in [0.2, 0.25) is 5.01 Å². The Morgan fingerprint density at radius 1 is 1.56 bits per heavy atom. The summed E-state index contributed by atoms with van der Waals surface area (Å²) in [6.45, 7) is 5.24. The summed E-state index contributed by atoms with van der Waals surface area (Å²) in [5, 5.41) is 10.8. The van der Waals surface area contributed by atoms with Gasteiger partial charge >= 0.3 is 5.97 Å². The molecule has 0 spiro atoms. The second-order valence-electron chi connectivity index (χ2n) is 4.74. The highest BCUT2D eigenvalue weighted by molar-refractivity contribution is 7.11. The molecule has 1 aromatic rings. The van der Waals surface area contributed by atoms with Crippen LogP contribution in [0.2, 0.25) is 0 Å². The normalized spacial score (nSPS) is 16.6. The molecule has 0 radical (unpaired) electrons. The molecule has 1 aromatic heterocycles. The Morgan fingerprint density at radius 2 is 2.28 bits per heavy atom. The zero-order chi connectivity index (χ0) is 13.0. The molecule has 0 atom stereocenters. The number of carbonyl (C=O) groups is 1. The van der Waals surface area contributed by atoms with Crippen LogP contribution in [0, 0.1) is 0 Å². The Kier molecular flexibility index (Phi) is 4.68. The van der Waals surface area contributed by atoms with Crippen molar-refractivity contribution in [3.63, 3.8) is 0 Å². The number of nitrogens with zero attached hydrogens (tertiary/aromatic N) is 3. The van der Waals surface area contributed by atoms with Gasteiger partial charge in [0.15, 0.2) is 0 Å². The van der Waals surface area contributed by atoms with E-state index in [1.807, 2.05) is 5.38 Å². The van der Waals surface area contributed by atoms with E-state index < -0.39 is 5.97 Å². The van der Waals surface area contributed by atoms with E-state index in [2.05, 4.69) is 21.8 Å².